The zero-order chi connectivity index (χ0) is 35.8. The van der Waals surface area contributed by atoms with E-state index in [4.69, 9.17) is 0 Å². The van der Waals surface area contributed by atoms with E-state index in [9.17, 15) is 28.8 Å². The molecule has 0 radical (unpaired) electrons. The summed E-state index contributed by atoms with van der Waals surface area (Å²) in [7, 11) is 0. The summed E-state index contributed by atoms with van der Waals surface area (Å²) in [5, 5.41) is 0. The zero-order valence-electron chi connectivity index (χ0n) is 30.2. The number of rotatable bonds is 9. The molecule has 8 atom stereocenters. The van der Waals surface area contributed by atoms with Gasteiger partial charge in [0.05, 0.1) is 18.1 Å². The van der Waals surface area contributed by atoms with Crippen LogP contribution < -0.4 is 17.1 Å². The Morgan fingerprint density at radius 2 is 1.00 bits per heavy atom. The average Bonchev–Trinajstić information content (AvgIpc) is 2.92. The van der Waals surface area contributed by atoms with Crippen LogP contribution in [-0.2, 0) is 34.0 Å². The van der Waals surface area contributed by atoms with E-state index in [0.29, 0.717) is 32.1 Å². The summed E-state index contributed by atoms with van der Waals surface area (Å²) in [6, 6.07) is -1.18. The van der Waals surface area contributed by atoms with Crippen LogP contribution in [0.3, 0.4) is 0 Å². The van der Waals surface area contributed by atoms with Crippen LogP contribution in [0.15, 0.2) is 29.4 Å². The fraction of sp³-hybridized carbons (Fsp3) is 0.833. The molecule has 264 valence electrons. The Balaban J connectivity index is 1.88. The molecule has 12 heteroatoms. The Morgan fingerprint density at radius 3 is 1.42 bits per heavy atom. The van der Waals surface area contributed by atoms with Crippen molar-refractivity contribution < 1.29 is 14.4 Å². The van der Waals surface area contributed by atoms with Gasteiger partial charge in [-0.2, -0.15) is 0 Å². The third kappa shape index (κ3) is 8.22. The van der Waals surface area contributed by atoms with E-state index in [1.807, 2.05) is 20.8 Å². The normalized spacial score (nSPS) is 33.8. The first-order valence-electron chi connectivity index (χ1n) is 17.4. The number of hydrogen-bond donors (Lipinski definition) is 0. The molecule has 0 N–H and O–H groups in total. The number of carbonyl (C=O) groups excluding carboxylic acids is 3. The summed E-state index contributed by atoms with van der Waals surface area (Å²) in [5.74, 6) is -0.550. The molecule has 1 aromatic rings. The first kappa shape index (κ1) is 37.4. The minimum atomic E-state index is -0.712. The number of hydrogen-bond acceptors (Lipinski definition) is 9. The van der Waals surface area contributed by atoms with E-state index >= 15 is 0 Å². The highest BCUT2D eigenvalue weighted by Gasteiger charge is 2.45. The molecule has 0 amide bonds. The number of aromatic nitrogens is 3. The van der Waals surface area contributed by atoms with Crippen molar-refractivity contribution in [3.8, 4) is 0 Å². The van der Waals surface area contributed by atoms with Gasteiger partial charge in [-0.15, -0.1) is 0 Å². The Kier molecular flexibility index (Phi) is 10.8. The molecule has 0 aliphatic heterocycles. The standard InChI is InChI=1S/C36H54N6O6/c1-23-10-33(3,4)14-28(38-21-44)26(23)16-40-30(46)41(17-27-24(2)11-34(5,6)15-29(27)39-22-45)32(48)42(31(40)47)19-36(9)13-25(37-20-43)12-35(7,8)18-36/h23-29H,10-19H2,1-9H3. The van der Waals surface area contributed by atoms with Gasteiger partial charge in [0, 0.05) is 31.5 Å². The smallest absolute Gasteiger partial charge is 0.247 e. The van der Waals surface area contributed by atoms with Crippen molar-refractivity contribution in [3.05, 3.63) is 31.5 Å². The third-order valence-electron chi connectivity index (χ3n) is 11.5. The third-order valence-corrected chi connectivity index (χ3v) is 11.5. The van der Waals surface area contributed by atoms with E-state index in [0.717, 1.165) is 22.0 Å². The van der Waals surface area contributed by atoms with E-state index < -0.39 is 34.6 Å². The highest BCUT2D eigenvalue weighted by Crippen LogP contribution is 2.48. The second kappa shape index (κ2) is 13.8. The predicted molar refractivity (Wildman–Crippen MR) is 182 cm³/mol. The molecular formula is C36H54N6O6. The number of isocyanates is 3. The van der Waals surface area contributed by atoms with Crippen molar-refractivity contribution in [1.29, 1.82) is 0 Å². The molecule has 3 saturated carbocycles. The van der Waals surface area contributed by atoms with Gasteiger partial charge < -0.3 is 0 Å². The van der Waals surface area contributed by atoms with Crippen molar-refractivity contribution >= 4 is 18.2 Å². The maximum atomic E-state index is 14.4. The van der Waals surface area contributed by atoms with Crippen molar-refractivity contribution in [1.82, 2.24) is 13.7 Å². The minimum absolute atomic E-state index is 0.00548. The SMILES string of the molecule is CC1CC(C)(C)CC(N=C=O)C1Cn1c(=O)n(CC2C(C)CC(C)(C)CC2N=C=O)c(=O)n(CC2(C)CC(N=C=O)CC(C)(C)C2)c1=O. The van der Waals surface area contributed by atoms with Gasteiger partial charge in [0.2, 0.25) is 18.2 Å². The van der Waals surface area contributed by atoms with Gasteiger partial charge in [0.1, 0.15) is 0 Å². The lowest BCUT2D eigenvalue weighted by Crippen LogP contribution is -2.59. The van der Waals surface area contributed by atoms with Crippen molar-refractivity contribution in [3.63, 3.8) is 0 Å². The largest absolute Gasteiger partial charge is 0.336 e. The van der Waals surface area contributed by atoms with E-state index in [2.05, 4.69) is 56.5 Å². The average molecular weight is 667 g/mol. The lowest BCUT2D eigenvalue weighted by Gasteiger charge is -2.45. The quantitative estimate of drug-likeness (QED) is 0.276. The van der Waals surface area contributed by atoms with Crippen LogP contribution in [0.5, 0.6) is 0 Å². The van der Waals surface area contributed by atoms with Gasteiger partial charge in [0.15, 0.2) is 0 Å². The molecule has 0 bridgehead atoms. The lowest BCUT2D eigenvalue weighted by molar-refractivity contribution is 0.0621. The topological polar surface area (TPSA) is 154 Å². The molecular weight excluding hydrogens is 612 g/mol. The highest BCUT2D eigenvalue weighted by atomic mass is 16.2. The second-order valence-electron chi connectivity index (χ2n) is 18.1. The first-order chi connectivity index (χ1) is 22.2. The molecule has 3 aliphatic carbocycles. The van der Waals surface area contributed by atoms with Crippen LogP contribution >= 0.6 is 0 Å². The van der Waals surface area contributed by atoms with Crippen LogP contribution in [0.2, 0.25) is 0 Å². The predicted octanol–water partition coefficient (Wildman–Crippen LogP) is 4.65. The molecule has 8 unspecified atom stereocenters. The number of nitrogens with zero attached hydrogens (tertiary/aromatic N) is 6. The van der Waals surface area contributed by atoms with Gasteiger partial charge in [-0.25, -0.2) is 57.4 Å². The fourth-order valence-electron chi connectivity index (χ4n) is 10.2. The van der Waals surface area contributed by atoms with Gasteiger partial charge in [-0.3, -0.25) is 0 Å². The Morgan fingerprint density at radius 1 is 0.583 bits per heavy atom. The van der Waals surface area contributed by atoms with Gasteiger partial charge >= 0.3 is 17.1 Å². The van der Waals surface area contributed by atoms with E-state index in [1.165, 1.54) is 4.57 Å². The summed E-state index contributed by atoms with van der Waals surface area (Å²) in [6.07, 6.45) is 9.77. The Labute approximate surface area is 282 Å². The fourth-order valence-corrected chi connectivity index (χ4v) is 10.2. The summed E-state index contributed by atoms with van der Waals surface area (Å²) in [4.78, 5) is 89.7. The van der Waals surface area contributed by atoms with Crippen molar-refractivity contribution in [2.75, 3.05) is 0 Å². The van der Waals surface area contributed by atoms with E-state index in [-0.39, 0.29) is 65.6 Å². The van der Waals surface area contributed by atoms with Gasteiger partial charge in [0.25, 0.3) is 0 Å². The van der Waals surface area contributed by atoms with Crippen LogP contribution in [0, 0.1) is 45.3 Å². The van der Waals surface area contributed by atoms with Crippen LogP contribution in [0.1, 0.15) is 107 Å². The summed E-state index contributed by atoms with van der Waals surface area (Å²) >= 11 is 0. The molecule has 1 heterocycles. The zero-order valence-corrected chi connectivity index (χ0v) is 30.2. The van der Waals surface area contributed by atoms with Crippen molar-refractivity contribution in [2.24, 2.45) is 60.3 Å². The number of aliphatic imine (C=N–C) groups is 3. The Hall–Kier alpha value is -3.45. The summed E-state index contributed by atoms with van der Waals surface area (Å²) in [5.41, 5.74) is -3.10. The molecule has 1 aromatic heterocycles. The van der Waals surface area contributed by atoms with E-state index in [1.54, 1.807) is 18.2 Å². The summed E-state index contributed by atoms with van der Waals surface area (Å²) < 4.78 is 3.49. The molecule has 3 fully saturated rings. The van der Waals surface area contributed by atoms with Gasteiger partial charge in [-0.1, -0.05) is 62.3 Å². The maximum Gasteiger partial charge on any atom is 0.336 e. The minimum Gasteiger partial charge on any atom is -0.247 e. The maximum absolute atomic E-state index is 14.4. The van der Waals surface area contributed by atoms with Crippen molar-refractivity contribution in [2.45, 2.75) is 145 Å². The lowest BCUT2D eigenvalue weighted by atomic mass is 9.62. The first-order valence-corrected chi connectivity index (χ1v) is 17.4. The highest BCUT2D eigenvalue weighted by molar-refractivity contribution is 5.34. The molecule has 4 rings (SSSR count). The molecule has 0 spiro atoms. The second-order valence-corrected chi connectivity index (χ2v) is 18.1. The van der Waals surface area contributed by atoms with Crippen LogP contribution in [-0.4, -0.2) is 50.1 Å². The summed E-state index contributed by atoms with van der Waals surface area (Å²) in [6.45, 7) is 18.7. The van der Waals surface area contributed by atoms with Gasteiger partial charge in [-0.05, 0) is 78.4 Å². The molecule has 48 heavy (non-hydrogen) atoms. The Bertz CT molecular complexity index is 1610. The van der Waals surface area contributed by atoms with Crippen LogP contribution in [0.4, 0.5) is 0 Å². The monoisotopic (exact) mass is 666 g/mol. The van der Waals surface area contributed by atoms with Crippen LogP contribution in [0.25, 0.3) is 0 Å². The molecule has 3 aliphatic rings. The molecule has 0 saturated heterocycles. The molecule has 0 aromatic carbocycles. The molecule has 12 nitrogen and oxygen atoms in total.